The Hall–Kier alpha value is -0.240. The van der Waals surface area contributed by atoms with E-state index in [1.807, 2.05) is 6.92 Å². The molecular weight excluding hydrogens is 240 g/mol. The Bertz CT molecular complexity index is 156. The SMILES string of the molecule is COCCOCCOCCOCCO[C@@H](C)CO. The molecule has 110 valence electrons. The van der Waals surface area contributed by atoms with Crippen LogP contribution in [0.25, 0.3) is 0 Å². The summed E-state index contributed by atoms with van der Waals surface area (Å²) in [4.78, 5) is 0. The standard InChI is InChI=1S/C12H26O6/c1-12(11-13)18-10-9-17-8-7-16-6-5-15-4-3-14-2/h12-13H,3-11H2,1-2H3/t12-/m0/s1. The molecule has 0 bridgehead atoms. The molecule has 1 atom stereocenters. The Morgan fingerprint density at radius 1 is 0.778 bits per heavy atom. The minimum Gasteiger partial charge on any atom is -0.394 e. The molecule has 0 saturated carbocycles. The maximum absolute atomic E-state index is 8.71. The van der Waals surface area contributed by atoms with Gasteiger partial charge in [0.1, 0.15) is 0 Å². The molecule has 1 N–H and O–H groups in total. The van der Waals surface area contributed by atoms with Crippen molar-refractivity contribution in [3.05, 3.63) is 0 Å². The number of hydrogen-bond donors (Lipinski definition) is 1. The van der Waals surface area contributed by atoms with E-state index in [9.17, 15) is 0 Å². The summed E-state index contributed by atoms with van der Waals surface area (Å²) in [6.07, 6.45) is -0.130. The van der Waals surface area contributed by atoms with E-state index >= 15 is 0 Å². The van der Waals surface area contributed by atoms with Gasteiger partial charge in [-0.25, -0.2) is 0 Å². The lowest BCUT2D eigenvalue weighted by Gasteiger charge is -2.10. The van der Waals surface area contributed by atoms with Crippen LogP contribution in [0, 0.1) is 0 Å². The molecule has 18 heavy (non-hydrogen) atoms. The zero-order valence-electron chi connectivity index (χ0n) is 11.4. The molecule has 0 aliphatic rings. The average molecular weight is 266 g/mol. The van der Waals surface area contributed by atoms with E-state index in [-0.39, 0.29) is 12.7 Å². The lowest BCUT2D eigenvalue weighted by molar-refractivity contribution is -0.0282. The van der Waals surface area contributed by atoms with Crippen molar-refractivity contribution in [2.45, 2.75) is 13.0 Å². The molecule has 0 radical (unpaired) electrons. The Balaban J connectivity index is 2.94. The number of ether oxygens (including phenoxy) is 5. The Labute approximate surface area is 109 Å². The van der Waals surface area contributed by atoms with Crippen molar-refractivity contribution in [1.29, 1.82) is 0 Å². The molecule has 0 amide bonds. The van der Waals surface area contributed by atoms with Crippen molar-refractivity contribution >= 4 is 0 Å². The van der Waals surface area contributed by atoms with Crippen molar-refractivity contribution in [3.63, 3.8) is 0 Å². The quantitative estimate of drug-likeness (QED) is 0.449. The first-order valence-corrected chi connectivity index (χ1v) is 6.26. The zero-order valence-corrected chi connectivity index (χ0v) is 11.4. The van der Waals surface area contributed by atoms with Crippen LogP contribution in [-0.4, -0.2) is 77.8 Å². The molecule has 0 rings (SSSR count). The second-order valence-corrected chi connectivity index (χ2v) is 3.69. The van der Waals surface area contributed by atoms with Gasteiger partial charge in [-0.2, -0.15) is 0 Å². The van der Waals surface area contributed by atoms with Crippen LogP contribution in [0.1, 0.15) is 6.92 Å². The molecule has 0 aromatic heterocycles. The van der Waals surface area contributed by atoms with Crippen LogP contribution in [0.3, 0.4) is 0 Å². The van der Waals surface area contributed by atoms with Crippen LogP contribution < -0.4 is 0 Å². The Morgan fingerprint density at radius 2 is 1.22 bits per heavy atom. The van der Waals surface area contributed by atoms with E-state index in [0.717, 1.165) is 0 Å². The second kappa shape index (κ2) is 14.8. The van der Waals surface area contributed by atoms with E-state index in [1.165, 1.54) is 0 Å². The Morgan fingerprint density at radius 3 is 1.67 bits per heavy atom. The van der Waals surface area contributed by atoms with Gasteiger partial charge in [0.2, 0.25) is 0 Å². The van der Waals surface area contributed by atoms with Crippen molar-refractivity contribution < 1.29 is 28.8 Å². The summed E-state index contributed by atoms with van der Waals surface area (Å²) in [5, 5.41) is 8.71. The van der Waals surface area contributed by atoms with E-state index in [4.69, 9.17) is 28.8 Å². The minimum absolute atomic E-state index is 0.0339. The number of methoxy groups -OCH3 is 1. The minimum atomic E-state index is -0.130. The summed E-state index contributed by atoms with van der Waals surface area (Å²) in [6.45, 7) is 6.26. The number of aliphatic hydroxyl groups is 1. The van der Waals surface area contributed by atoms with Crippen LogP contribution in [0.15, 0.2) is 0 Å². The van der Waals surface area contributed by atoms with Gasteiger partial charge in [-0.3, -0.25) is 0 Å². The third-order valence-corrected chi connectivity index (χ3v) is 2.06. The predicted molar refractivity (Wildman–Crippen MR) is 66.8 cm³/mol. The largest absolute Gasteiger partial charge is 0.394 e. The third-order valence-electron chi connectivity index (χ3n) is 2.06. The van der Waals surface area contributed by atoms with Gasteiger partial charge in [0.15, 0.2) is 0 Å². The van der Waals surface area contributed by atoms with Crippen molar-refractivity contribution in [1.82, 2.24) is 0 Å². The van der Waals surface area contributed by atoms with E-state index in [2.05, 4.69) is 0 Å². The summed E-state index contributed by atoms with van der Waals surface area (Å²) in [5.41, 5.74) is 0. The third kappa shape index (κ3) is 13.8. The first kappa shape index (κ1) is 17.8. The molecule has 0 aromatic rings. The highest BCUT2D eigenvalue weighted by Crippen LogP contribution is 1.88. The first-order chi connectivity index (χ1) is 8.81. The van der Waals surface area contributed by atoms with Crippen LogP contribution >= 0.6 is 0 Å². The Kier molecular flexibility index (Phi) is 14.6. The highest BCUT2D eigenvalue weighted by atomic mass is 16.6. The van der Waals surface area contributed by atoms with Crippen LogP contribution in [0.4, 0.5) is 0 Å². The normalized spacial score (nSPS) is 12.8. The molecule has 0 aliphatic carbocycles. The molecule has 0 fully saturated rings. The van der Waals surface area contributed by atoms with Crippen molar-refractivity contribution in [3.8, 4) is 0 Å². The summed E-state index contributed by atoms with van der Waals surface area (Å²) < 4.78 is 25.9. The summed E-state index contributed by atoms with van der Waals surface area (Å²) in [7, 11) is 1.64. The van der Waals surface area contributed by atoms with Crippen LogP contribution in [-0.2, 0) is 23.7 Å². The molecule has 0 aliphatic heterocycles. The summed E-state index contributed by atoms with van der Waals surface area (Å²) in [6, 6.07) is 0. The molecule has 0 heterocycles. The zero-order chi connectivity index (χ0) is 13.5. The van der Waals surface area contributed by atoms with E-state index < -0.39 is 0 Å². The highest BCUT2D eigenvalue weighted by molar-refractivity contribution is 4.43. The van der Waals surface area contributed by atoms with Gasteiger partial charge >= 0.3 is 0 Å². The maximum Gasteiger partial charge on any atom is 0.0778 e. The fourth-order valence-corrected chi connectivity index (χ4v) is 1.05. The van der Waals surface area contributed by atoms with Gasteiger partial charge in [0.05, 0.1) is 65.6 Å². The molecule has 6 heteroatoms. The number of hydrogen-bond acceptors (Lipinski definition) is 6. The number of aliphatic hydroxyl groups excluding tert-OH is 1. The summed E-state index contributed by atoms with van der Waals surface area (Å²) >= 11 is 0. The monoisotopic (exact) mass is 266 g/mol. The lowest BCUT2D eigenvalue weighted by atomic mass is 10.4. The van der Waals surface area contributed by atoms with Gasteiger partial charge in [0.25, 0.3) is 0 Å². The first-order valence-electron chi connectivity index (χ1n) is 6.26. The molecular formula is C12H26O6. The van der Waals surface area contributed by atoms with Gasteiger partial charge in [-0.1, -0.05) is 0 Å². The number of rotatable bonds is 14. The van der Waals surface area contributed by atoms with E-state index in [0.29, 0.717) is 52.9 Å². The fourth-order valence-electron chi connectivity index (χ4n) is 1.05. The molecule has 0 saturated heterocycles. The van der Waals surface area contributed by atoms with Gasteiger partial charge in [0, 0.05) is 7.11 Å². The molecule has 6 nitrogen and oxygen atoms in total. The van der Waals surface area contributed by atoms with Crippen molar-refractivity contribution in [2.24, 2.45) is 0 Å². The van der Waals surface area contributed by atoms with Crippen LogP contribution in [0.5, 0.6) is 0 Å². The van der Waals surface area contributed by atoms with Crippen molar-refractivity contribution in [2.75, 3.05) is 66.6 Å². The average Bonchev–Trinajstić information content (AvgIpc) is 2.39. The van der Waals surface area contributed by atoms with Gasteiger partial charge in [-0.05, 0) is 6.92 Å². The molecule has 0 aromatic carbocycles. The van der Waals surface area contributed by atoms with Gasteiger partial charge in [-0.15, -0.1) is 0 Å². The van der Waals surface area contributed by atoms with Crippen LogP contribution in [0.2, 0.25) is 0 Å². The second-order valence-electron chi connectivity index (χ2n) is 3.69. The lowest BCUT2D eigenvalue weighted by Crippen LogP contribution is -2.17. The van der Waals surface area contributed by atoms with E-state index in [1.54, 1.807) is 7.11 Å². The predicted octanol–water partition coefficient (Wildman–Crippen LogP) is 0.0800. The smallest absolute Gasteiger partial charge is 0.0778 e. The highest BCUT2D eigenvalue weighted by Gasteiger charge is 1.98. The molecule has 0 unspecified atom stereocenters. The van der Waals surface area contributed by atoms with Gasteiger partial charge < -0.3 is 28.8 Å². The molecule has 0 spiro atoms. The topological polar surface area (TPSA) is 66.4 Å². The fraction of sp³-hybridized carbons (Fsp3) is 1.00. The maximum atomic E-state index is 8.71. The summed E-state index contributed by atoms with van der Waals surface area (Å²) in [5.74, 6) is 0.